The quantitative estimate of drug-likeness (QED) is 0.845. The van der Waals surface area contributed by atoms with Crippen LogP contribution in [0.25, 0.3) is 0 Å². The highest BCUT2D eigenvalue weighted by Gasteiger charge is 2.14. The number of amides is 1. The van der Waals surface area contributed by atoms with Gasteiger partial charge in [0.25, 0.3) is 5.91 Å². The minimum Gasteiger partial charge on any atom is -0.395 e. The van der Waals surface area contributed by atoms with Crippen molar-refractivity contribution in [3.05, 3.63) is 34.9 Å². The Hall–Kier alpha value is -1.44. The average Bonchev–Trinajstić information content (AvgIpc) is 2.46. The number of nitrogens with zero attached hydrogens (tertiary/aromatic N) is 1. The van der Waals surface area contributed by atoms with Gasteiger partial charge in [0.1, 0.15) is 0 Å². The summed E-state index contributed by atoms with van der Waals surface area (Å²) in [6.45, 7) is 2.72. The van der Waals surface area contributed by atoms with Crippen LogP contribution in [0, 0.1) is 18.8 Å². The number of aryl methyl sites for hydroxylation is 1. The van der Waals surface area contributed by atoms with Crippen molar-refractivity contribution in [2.45, 2.75) is 13.3 Å². The second-order valence-electron chi connectivity index (χ2n) is 4.52. The Morgan fingerprint density at radius 2 is 2.20 bits per heavy atom. The molecule has 1 N–H and O–H groups in total. The summed E-state index contributed by atoms with van der Waals surface area (Å²) in [4.78, 5) is 14.1. The molecule has 0 aliphatic rings. The molecule has 0 aromatic heterocycles. The van der Waals surface area contributed by atoms with Crippen molar-refractivity contribution >= 4 is 17.7 Å². The maximum absolute atomic E-state index is 12.4. The molecule has 1 rings (SSSR count). The van der Waals surface area contributed by atoms with E-state index in [4.69, 9.17) is 5.11 Å². The summed E-state index contributed by atoms with van der Waals surface area (Å²) in [5, 5.41) is 8.72. The summed E-state index contributed by atoms with van der Waals surface area (Å²) in [7, 11) is 1.82. The lowest BCUT2D eigenvalue weighted by Crippen LogP contribution is -2.29. The number of hydrogen-bond donors (Lipinski definition) is 1. The summed E-state index contributed by atoms with van der Waals surface area (Å²) in [6.07, 6.45) is 2.48. The lowest BCUT2D eigenvalue weighted by Gasteiger charge is -2.18. The molecule has 0 spiro atoms. The first kappa shape index (κ1) is 16.6. The van der Waals surface area contributed by atoms with Crippen LogP contribution in [-0.4, -0.2) is 48.1 Å². The third kappa shape index (κ3) is 4.92. The topological polar surface area (TPSA) is 40.5 Å². The number of carbonyl (C=O) groups is 1. The van der Waals surface area contributed by atoms with Gasteiger partial charge in [0.2, 0.25) is 0 Å². The molecular weight excluding hydrogens is 270 g/mol. The van der Waals surface area contributed by atoms with Crippen LogP contribution >= 0.6 is 11.8 Å². The maximum Gasteiger partial charge on any atom is 0.253 e. The predicted molar refractivity (Wildman–Crippen MR) is 85.1 cm³/mol. The fourth-order valence-corrected chi connectivity index (χ4v) is 2.14. The third-order valence-electron chi connectivity index (χ3n) is 2.92. The number of hydrogen-bond acceptors (Lipinski definition) is 3. The Morgan fingerprint density at radius 1 is 1.45 bits per heavy atom. The zero-order chi connectivity index (χ0) is 15.0. The molecule has 1 aromatic rings. The SMILES string of the molecule is CSCCN(C)C(=O)c1cc(C#CCCO)ccc1C. The molecule has 0 aliphatic carbocycles. The largest absolute Gasteiger partial charge is 0.395 e. The molecule has 0 radical (unpaired) electrons. The number of carbonyl (C=O) groups excluding carboxylic acids is 1. The molecule has 1 amide bonds. The van der Waals surface area contributed by atoms with Crippen LogP contribution in [0.4, 0.5) is 0 Å². The maximum atomic E-state index is 12.4. The van der Waals surface area contributed by atoms with Gasteiger partial charge in [-0.2, -0.15) is 11.8 Å². The molecule has 20 heavy (non-hydrogen) atoms. The van der Waals surface area contributed by atoms with Gasteiger partial charge in [0, 0.05) is 36.9 Å². The van der Waals surface area contributed by atoms with E-state index in [0.717, 1.165) is 23.4 Å². The van der Waals surface area contributed by atoms with Crippen LogP contribution in [0.2, 0.25) is 0 Å². The number of aliphatic hydroxyl groups excluding tert-OH is 1. The molecule has 0 heterocycles. The first-order valence-corrected chi connectivity index (χ1v) is 7.94. The van der Waals surface area contributed by atoms with Gasteiger partial charge >= 0.3 is 0 Å². The molecule has 0 atom stereocenters. The van der Waals surface area contributed by atoms with Crippen molar-refractivity contribution in [3.63, 3.8) is 0 Å². The zero-order valence-electron chi connectivity index (χ0n) is 12.3. The molecule has 0 fully saturated rings. The van der Waals surface area contributed by atoms with Crippen molar-refractivity contribution in [1.82, 2.24) is 4.90 Å². The number of benzene rings is 1. The van der Waals surface area contributed by atoms with Crippen molar-refractivity contribution in [2.75, 3.05) is 32.2 Å². The summed E-state index contributed by atoms with van der Waals surface area (Å²) < 4.78 is 0. The van der Waals surface area contributed by atoms with E-state index in [2.05, 4.69) is 11.8 Å². The van der Waals surface area contributed by atoms with Gasteiger partial charge in [-0.3, -0.25) is 4.79 Å². The zero-order valence-corrected chi connectivity index (χ0v) is 13.1. The van der Waals surface area contributed by atoms with E-state index < -0.39 is 0 Å². The molecule has 0 unspecified atom stereocenters. The highest BCUT2D eigenvalue weighted by atomic mass is 32.2. The molecule has 0 bridgehead atoms. The van der Waals surface area contributed by atoms with Crippen LogP contribution in [0.3, 0.4) is 0 Å². The Labute approximate surface area is 125 Å². The first-order chi connectivity index (χ1) is 9.60. The normalized spacial score (nSPS) is 9.80. The van der Waals surface area contributed by atoms with E-state index in [-0.39, 0.29) is 12.5 Å². The highest BCUT2D eigenvalue weighted by Crippen LogP contribution is 2.13. The Morgan fingerprint density at radius 3 is 2.85 bits per heavy atom. The second-order valence-corrected chi connectivity index (χ2v) is 5.51. The Bertz CT molecular complexity index is 517. The van der Waals surface area contributed by atoms with E-state index in [1.54, 1.807) is 16.7 Å². The van der Waals surface area contributed by atoms with Crippen molar-refractivity contribution in [3.8, 4) is 11.8 Å². The Kier molecular flexibility index (Phi) is 7.21. The summed E-state index contributed by atoms with van der Waals surface area (Å²) in [5.74, 6) is 6.80. The van der Waals surface area contributed by atoms with Crippen LogP contribution < -0.4 is 0 Å². The summed E-state index contributed by atoms with van der Waals surface area (Å²) in [6, 6.07) is 5.65. The van der Waals surface area contributed by atoms with Gasteiger partial charge < -0.3 is 10.0 Å². The molecular formula is C16H21NO2S. The van der Waals surface area contributed by atoms with Gasteiger partial charge in [-0.1, -0.05) is 17.9 Å². The van der Waals surface area contributed by atoms with E-state index in [9.17, 15) is 4.79 Å². The number of thioether (sulfide) groups is 1. The van der Waals surface area contributed by atoms with Gasteiger partial charge in [-0.25, -0.2) is 0 Å². The lowest BCUT2D eigenvalue weighted by atomic mass is 10.0. The van der Waals surface area contributed by atoms with Gasteiger partial charge in [0.05, 0.1) is 6.61 Å². The minimum absolute atomic E-state index is 0.0300. The average molecular weight is 291 g/mol. The van der Waals surface area contributed by atoms with E-state index in [1.807, 2.05) is 38.4 Å². The van der Waals surface area contributed by atoms with E-state index in [1.165, 1.54) is 0 Å². The molecule has 0 saturated heterocycles. The monoisotopic (exact) mass is 291 g/mol. The van der Waals surface area contributed by atoms with Crippen LogP contribution in [0.5, 0.6) is 0 Å². The van der Waals surface area contributed by atoms with Crippen molar-refractivity contribution in [2.24, 2.45) is 0 Å². The standard InChI is InChI=1S/C16H21NO2S/c1-13-7-8-14(6-4-5-10-18)12-15(13)16(19)17(2)9-11-20-3/h7-8,12,18H,5,9-11H2,1-3H3. The van der Waals surface area contributed by atoms with Gasteiger partial charge in [0.15, 0.2) is 0 Å². The first-order valence-electron chi connectivity index (χ1n) is 6.55. The molecule has 108 valence electrons. The van der Waals surface area contributed by atoms with Gasteiger partial charge in [-0.15, -0.1) is 0 Å². The molecule has 3 nitrogen and oxygen atoms in total. The highest BCUT2D eigenvalue weighted by molar-refractivity contribution is 7.98. The van der Waals surface area contributed by atoms with Gasteiger partial charge in [-0.05, 0) is 30.9 Å². The van der Waals surface area contributed by atoms with Crippen molar-refractivity contribution < 1.29 is 9.90 Å². The Balaban J connectivity index is 2.91. The lowest BCUT2D eigenvalue weighted by molar-refractivity contribution is 0.0803. The third-order valence-corrected chi connectivity index (χ3v) is 3.51. The number of aliphatic hydroxyl groups is 1. The fraction of sp³-hybridized carbons (Fsp3) is 0.438. The minimum atomic E-state index is 0.0300. The molecule has 0 aliphatic heterocycles. The van der Waals surface area contributed by atoms with E-state index in [0.29, 0.717) is 12.0 Å². The molecule has 4 heteroatoms. The number of rotatable bonds is 5. The van der Waals surface area contributed by atoms with Crippen molar-refractivity contribution in [1.29, 1.82) is 0 Å². The smallest absolute Gasteiger partial charge is 0.253 e. The van der Waals surface area contributed by atoms with Crippen LogP contribution in [0.1, 0.15) is 27.9 Å². The summed E-state index contributed by atoms with van der Waals surface area (Å²) in [5.41, 5.74) is 2.47. The second kappa shape index (κ2) is 8.68. The fourth-order valence-electron chi connectivity index (χ4n) is 1.69. The molecule has 0 saturated carbocycles. The summed E-state index contributed by atoms with van der Waals surface area (Å²) >= 11 is 1.72. The van der Waals surface area contributed by atoms with Crippen LogP contribution in [-0.2, 0) is 0 Å². The van der Waals surface area contributed by atoms with Crippen LogP contribution in [0.15, 0.2) is 18.2 Å². The predicted octanol–water partition coefficient (Wildman–Crippen LogP) is 2.16. The molecule has 1 aromatic carbocycles. The van der Waals surface area contributed by atoms with E-state index >= 15 is 0 Å².